The topological polar surface area (TPSA) is 62.2 Å². The van der Waals surface area contributed by atoms with Gasteiger partial charge in [0, 0.05) is 18.4 Å². The van der Waals surface area contributed by atoms with Crippen LogP contribution in [0.1, 0.15) is 21.6 Å². The Morgan fingerprint density at radius 2 is 1.90 bits per heavy atom. The minimum absolute atomic E-state index is 0.0349. The molecule has 0 atom stereocenters. The summed E-state index contributed by atoms with van der Waals surface area (Å²) < 4.78 is 38.4. The van der Waals surface area contributed by atoms with E-state index < -0.39 is 17.7 Å². The molecule has 0 aliphatic rings. The summed E-state index contributed by atoms with van der Waals surface area (Å²) in [6.07, 6.45) is -3.12. The Hall–Kier alpha value is -2.57. The molecule has 1 heterocycles. The molecular weight excluding hydrogens is 285 g/mol. The van der Waals surface area contributed by atoms with Crippen LogP contribution in [0.5, 0.6) is 0 Å². The fourth-order valence-corrected chi connectivity index (χ4v) is 1.74. The second-order valence-electron chi connectivity index (χ2n) is 4.25. The molecule has 7 heteroatoms. The molecule has 110 valence electrons. The third-order valence-electron chi connectivity index (χ3n) is 2.76. The van der Waals surface area contributed by atoms with Crippen molar-refractivity contribution < 1.29 is 23.1 Å². The van der Waals surface area contributed by atoms with Gasteiger partial charge in [-0.15, -0.1) is 0 Å². The third-order valence-corrected chi connectivity index (χ3v) is 2.76. The van der Waals surface area contributed by atoms with E-state index in [1.165, 1.54) is 36.5 Å². The number of para-hydroxylation sites is 1. The summed E-state index contributed by atoms with van der Waals surface area (Å²) in [5.41, 5.74) is -0.321. The van der Waals surface area contributed by atoms with Crippen molar-refractivity contribution in [2.24, 2.45) is 0 Å². The monoisotopic (exact) mass is 296 g/mol. The predicted octanol–water partition coefficient (Wildman–Crippen LogP) is 3.41. The molecule has 0 unspecified atom stereocenters. The largest absolute Gasteiger partial charge is 0.477 e. The van der Waals surface area contributed by atoms with E-state index in [-0.39, 0.29) is 17.9 Å². The second-order valence-corrected chi connectivity index (χ2v) is 4.25. The first-order valence-electron chi connectivity index (χ1n) is 5.96. The summed E-state index contributed by atoms with van der Waals surface area (Å²) >= 11 is 0. The molecule has 1 aromatic carbocycles. The van der Waals surface area contributed by atoms with Crippen LogP contribution < -0.4 is 5.32 Å². The average Bonchev–Trinajstić information content (AvgIpc) is 2.45. The first-order valence-corrected chi connectivity index (χ1v) is 5.96. The van der Waals surface area contributed by atoms with Crippen LogP contribution in [0.4, 0.5) is 18.9 Å². The summed E-state index contributed by atoms with van der Waals surface area (Å²) in [7, 11) is 0. The number of carboxylic acids is 1. The molecule has 4 nitrogen and oxygen atoms in total. The van der Waals surface area contributed by atoms with Gasteiger partial charge in [-0.3, -0.25) is 0 Å². The molecule has 0 fully saturated rings. The van der Waals surface area contributed by atoms with Gasteiger partial charge in [-0.25, -0.2) is 9.78 Å². The predicted molar refractivity (Wildman–Crippen MR) is 70.0 cm³/mol. The van der Waals surface area contributed by atoms with Crippen molar-refractivity contribution in [2.75, 3.05) is 5.32 Å². The number of carbonyl (C=O) groups is 1. The molecule has 0 saturated heterocycles. The average molecular weight is 296 g/mol. The molecule has 0 amide bonds. The normalized spacial score (nSPS) is 11.2. The number of hydrogen-bond acceptors (Lipinski definition) is 3. The summed E-state index contributed by atoms with van der Waals surface area (Å²) in [6.45, 7) is 0.111. The second kappa shape index (κ2) is 5.82. The molecule has 0 bridgehead atoms. The van der Waals surface area contributed by atoms with Crippen LogP contribution in [0.25, 0.3) is 0 Å². The zero-order valence-corrected chi connectivity index (χ0v) is 10.7. The smallest absolute Gasteiger partial charge is 0.418 e. The molecule has 0 aliphatic carbocycles. The van der Waals surface area contributed by atoms with Crippen molar-refractivity contribution >= 4 is 11.7 Å². The Morgan fingerprint density at radius 3 is 2.48 bits per heavy atom. The molecule has 21 heavy (non-hydrogen) atoms. The van der Waals surface area contributed by atoms with E-state index in [1.807, 2.05) is 0 Å². The van der Waals surface area contributed by atoms with E-state index in [0.717, 1.165) is 6.07 Å². The zero-order chi connectivity index (χ0) is 15.5. The molecule has 0 spiro atoms. The van der Waals surface area contributed by atoms with Crippen molar-refractivity contribution in [1.82, 2.24) is 4.98 Å². The van der Waals surface area contributed by atoms with Crippen LogP contribution >= 0.6 is 0 Å². The van der Waals surface area contributed by atoms with Crippen molar-refractivity contribution in [1.29, 1.82) is 0 Å². The van der Waals surface area contributed by atoms with Crippen LogP contribution in [0.2, 0.25) is 0 Å². The number of halogens is 3. The number of carboxylic acid groups (broad SMARTS) is 1. The van der Waals surface area contributed by atoms with Gasteiger partial charge in [0.25, 0.3) is 0 Å². The molecule has 2 aromatic rings. The Labute approximate surface area is 118 Å². The standard InChI is InChI=1S/C14H11F3N2O2/c15-14(16,17)10-3-1-2-4-11(10)18-7-9-5-6-12(13(20)21)19-8-9/h1-6,8,18H,7H2,(H,20,21). The van der Waals surface area contributed by atoms with E-state index in [9.17, 15) is 18.0 Å². The number of hydrogen-bond donors (Lipinski definition) is 2. The van der Waals surface area contributed by atoms with Gasteiger partial charge in [0.15, 0.2) is 0 Å². The third kappa shape index (κ3) is 3.71. The van der Waals surface area contributed by atoms with Crippen LogP contribution in [-0.4, -0.2) is 16.1 Å². The van der Waals surface area contributed by atoms with Crippen LogP contribution in [0.15, 0.2) is 42.6 Å². The highest BCUT2D eigenvalue weighted by Gasteiger charge is 2.32. The summed E-state index contributed by atoms with van der Waals surface area (Å²) in [6, 6.07) is 7.95. The highest BCUT2D eigenvalue weighted by Crippen LogP contribution is 2.34. The van der Waals surface area contributed by atoms with Crippen molar-refractivity contribution in [3.8, 4) is 0 Å². The lowest BCUT2D eigenvalue weighted by molar-refractivity contribution is -0.137. The lowest BCUT2D eigenvalue weighted by Gasteiger charge is -2.14. The van der Waals surface area contributed by atoms with Crippen LogP contribution in [-0.2, 0) is 12.7 Å². The maximum absolute atomic E-state index is 12.8. The van der Waals surface area contributed by atoms with Gasteiger partial charge in [0.05, 0.1) is 5.56 Å². The molecular formula is C14H11F3N2O2. The molecule has 0 saturated carbocycles. The zero-order valence-electron chi connectivity index (χ0n) is 10.7. The lowest BCUT2D eigenvalue weighted by atomic mass is 10.1. The van der Waals surface area contributed by atoms with Crippen molar-refractivity contribution in [2.45, 2.75) is 12.7 Å². The number of benzene rings is 1. The van der Waals surface area contributed by atoms with E-state index in [2.05, 4.69) is 10.3 Å². The van der Waals surface area contributed by atoms with Gasteiger partial charge >= 0.3 is 12.1 Å². The first kappa shape index (κ1) is 14.8. The number of rotatable bonds is 4. The minimum Gasteiger partial charge on any atom is -0.477 e. The minimum atomic E-state index is -4.44. The van der Waals surface area contributed by atoms with Crippen LogP contribution in [0, 0.1) is 0 Å². The van der Waals surface area contributed by atoms with Crippen molar-refractivity contribution in [3.63, 3.8) is 0 Å². The van der Waals surface area contributed by atoms with E-state index in [0.29, 0.717) is 5.56 Å². The Kier molecular flexibility index (Phi) is 4.11. The maximum atomic E-state index is 12.8. The summed E-state index contributed by atoms with van der Waals surface area (Å²) in [4.78, 5) is 14.3. The Balaban J connectivity index is 2.12. The summed E-state index contributed by atoms with van der Waals surface area (Å²) in [5.74, 6) is -1.16. The maximum Gasteiger partial charge on any atom is 0.418 e. The van der Waals surface area contributed by atoms with Crippen LogP contribution in [0.3, 0.4) is 0 Å². The fourth-order valence-electron chi connectivity index (χ4n) is 1.74. The van der Waals surface area contributed by atoms with Gasteiger partial charge in [0.1, 0.15) is 5.69 Å². The van der Waals surface area contributed by atoms with Gasteiger partial charge < -0.3 is 10.4 Å². The fraction of sp³-hybridized carbons (Fsp3) is 0.143. The first-order chi connectivity index (χ1) is 9.88. The lowest BCUT2D eigenvalue weighted by Crippen LogP contribution is -2.11. The van der Waals surface area contributed by atoms with Gasteiger partial charge in [-0.1, -0.05) is 18.2 Å². The Bertz CT molecular complexity index is 639. The quantitative estimate of drug-likeness (QED) is 0.907. The number of aromatic carboxylic acids is 1. The number of nitrogens with one attached hydrogen (secondary N) is 1. The van der Waals surface area contributed by atoms with Gasteiger partial charge in [0.2, 0.25) is 0 Å². The molecule has 0 radical (unpaired) electrons. The molecule has 2 rings (SSSR count). The number of pyridine rings is 1. The molecule has 1 aromatic heterocycles. The number of alkyl halides is 3. The van der Waals surface area contributed by atoms with Gasteiger partial charge in [-0.05, 0) is 23.8 Å². The SMILES string of the molecule is O=C(O)c1ccc(CNc2ccccc2C(F)(F)F)cn1. The summed E-state index contributed by atoms with van der Waals surface area (Å²) in [5, 5.41) is 11.4. The number of aromatic nitrogens is 1. The highest BCUT2D eigenvalue weighted by atomic mass is 19.4. The van der Waals surface area contributed by atoms with E-state index in [4.69, 9.17) is 5.11 Å². The number of anilines is 1. The van der Waals surface area contributed by atoms with E-state index >= 15 is 0 Å². The van der Waals surface area contributed by atoms with E-state index in [1.54, 1.807) is 0 Å². The van der Waals surface area contributed by atoms with Crippen molar-refractivity contribution in [3.05, 3.63) is 59.4 Å². The van der Waals surface area contributed by atoms with Gasteiger partial charge in [-0.2, -0.15) is 13.2 Å². The molecule has 2 N–H and O–H groups in total. The highest BCUT2D eigenvalue weighted by molar-refractivity contribution is 5.85. The number of nitrogens with zero attached hydrogens (tertiary/aromatic N) is 1. The Morgan fingerprint density at radius 1 is 1.19 bits per heavy atom. The molecule has 0 aliphatic heterocycles.